The van der Waals surface area contributed by atoms with Gasteiger partial charge in [-0.2, -0.15) is 24.2 Å². The summed E-state index contributed by atoms with van der Waals surface area (Å²) >= 11 is 0.666. The molecule has 2 heterocycles. The molecule has 2 aromatic carbocycles. The van der Waals surface area contributed by atoms with Gasteiger partial charge in [0.2, 0.25) is 5.88 Å². The maximum Gasteiger partial charge on any atom is 1.00 e. The molecule has 0 fully saturated rings. The summed E-state index contributed by atoms with van der Waals surface area (Å²) in [5, 5.41) is 33.4. The van der Waals surface area contributed by atoms with Gasteiger partial charge in [0.1, 0.15) is 10.1 Å². The molecule has 0 bridgehead atoms. The average Bonchev–Trinajstić information content (AvgIpc) is 3.56. The number of carbonyl (C=O) groups is 3. The van der Waals surface area contributed by atoms with Crippen LogP contribution in [0.1, 0.15) is 29.9 Å². The Morgan fingerprint density at radius 3 is 2.14 bits per heavy atom. The van der Waals surface area contributed by atoms with Gasteiger partial charge in [0.05, 0.1) is 52.7 Å². The number of hydrogen-bond donors (Lipinski definition) is 1. The average molecular weight is 763 g/mol. The molecular weight excluding hydrogens is 739 g/mol. The Morgan fingerprint density at radius 1 is 0.939 bits per heavy atom. The zero-order valence-corrected chi connectivity index (χ0v) is 34.3. The van der Waals surface area contributed by atoms with Crippen molar-refractivity contribution in [2.75, 3.05) is 18.2 Å². The van der Waals surface area contributed by atoms with E-state index in [1.807, 2.05) is 0 Å². The van der Waals surface area contributed by atoms with Crippen LogP contribution < -0.4 is 113 Å². The van der Waals surface area contributed by atoms with E-state index in [2.05, 4.69) is 19.6 Å². The largest absolute Gasteiger partial charge is 1.00 e. The number of aromatic nitrogens is 2. The first kappa shape index (κ1) is 43.3. The summed E-state index contributed by atoms with van der Waals surface area (Å²) < 4.78 is 49.2. The van der Waals surface area contributed by atoms with Crippen LogP contribution in [0.4, 0.5) is 5.69 Å². The molecule has 1 aliphatic heterocycles. The zero-order chi connectivity index (χ0) is 34.1. The first-order valence-electron chi connectivity index (χ1n) is 13.4. The minimum absolute atomic E-state index is 0. The van der Waals surface area contributed by atoms with Gasteiger partial charge in [-0.05, 0) is 74.5 Å². The van der Waals surface area contributed by atoms with Gasteiger partial charge >= 0.3 is 115 Å². The Hall–Kier alpha value is -1.84. The molecule has 0 saturated heterocycles. The van der Waals surface area contributed by atoms with E-state index in [9.17, 15) is 37.7 Å². The number of allylic oxidation sites excluding steroid dienone is 4. The second-order valence-corrected chi connectivity index (χ2v) is 11.1. The van der Waals surface area contributed by atoms with Gasteiger partial charge in [-0.1, -0.05) is 18.2 Å². The Bertz CT molecular complexity index is 1890. The van der Waals surface area contributed by atoms with Crippen LogP contribution >= 0.6 is 12.0 Å². The molecule has 0 aliphatic carbocycles. The van der Waals surface area contributed by atoms with Crippen LogP contribution in [0.25, 0.3) is 11.8 Å². The van der Waals surface area contributed by atoms with E-state index in [0.29, 0.717) is 22.6 Å². The SMILES string of the molecule is CCOC(=O)C1=NN(c2ccc(S(=O)(=O)[O-])cc2)C(=O)/C1=C/C=C/C=C/c1c(C(=O)OCC)nn(-c2ccc(SOO[O-])cc2)c1O.[K+].[K+]. The van der Waals surface area contributed by atoms with Gasteiger partial charge in [-0.15, -0.1) is 0 Å². The van der Waals surface area contributed by atoms with Gasteiger partial charge in [0.15, 0.2) is 11.4 Å². The van der Waals surface area contributed by atoms with E-state index in [1.165, 1.54) is 42.5 Å². The summed E-state index contributed by atoms with van der Waals surface area (Å²) in [6, 6.07) is 10.6. The number of anilines is 1. The number of esters is 2. The van der Waals surface area contributed by atoms with Gasteiger partial charge in [0, 0.05) is 4.90 Å². The number of ether oxygens (including phenoxy) is 2. The molecule has 4 rings (SSSR count). The number of aromatic hydroxyl groups is 1. The van der Waals surface area contributed by atoms with E-state index in [-0.39, 0.29) is 144 Å². The van der Waals surface area contributed by atoms with Crippen LogP contribution in [0.15, 0.2) is 93.3 Å². The van der Waals surface area contributed by atoms with Crippen molar-refractivity contribution in [3.05, 3.63) is 89.7 Å². The van der Waals surface area contributed by atoms with Crippen molar-refractivity contribution in [2.24, 2.45) is 5.10 Å². The maximum atomic E-state index is 13.2. The molecule has 0 radical (unpaired) electrons. The molecule has 1 amide bonds. The molecule has 1 aromatic heterocycles. The number of rotatable bonds is 13. The summed E-state index contributed by atoms with van der Waals surface area (Å²) in [7, 11) is -4.72. The zero-order valence-electron chi connectivity index (χ0n) is 26.5. The van der Waals surface area contributed by atoms with Gasteiger partial charge in [-0.3, -0.25) is 9.83 Å². The third-order valence-electron chi connectivity index (χ3n) is 6.07. The molecule has 3 aromatic rings. The Morgan fingerprint density at radius 2 is 1.55 bits per heavy atom. The predicted octanol–water partition coefficient (Wildman–Crippen LogP) is -3.64. The molecule has 20 heteroatoms. The summed E-state index contributed by atoms with van der Waals surface area (Å²) in [6.07, 6.45) is 6.93. The van der Waals surface area contributed by atoms with Crippen molar-refractivity contribution in [2.45, 2.75) is 23.6 Å². The van der Waals surface area contributed by atoms with Gasteiger partial charge in [-0.25, -0.2) is 18.0 Å². The number of amides is 1. The van der Waals surface area contributed by atoms with Crippen molar-refractivity contribution in [3.8, 4) is 11.6 Å². The molecule has 246 valence electrons. The molecule has 16 nitrogen and oxygen atoms in total. The summed E-state index contributed by atoms with van der Waals surface area (Å²) in [4.78, 5) is 38.4. The fourth-order valence-corrected chi connectivity index (χ4v) is 4.84. The Balaban J connectivity index is 0.00000417. The molecule has 0 spiro atoms. The standard InChI is InChI=1S/C29H26N4O12S2.2K/c1-3-42-28(36)24-22(26(34)32(30-24)18-10-14-20(15-11-18)46-45-44-38)8-6-5-7-9-23-25(29(37)43-4-2)31-33(27(23)35)19-12-16-21(17-13-19)47(39,40)41;;/h5-17,34,38H,3-4H2,1-2H3,(H,39,40,41);;/q;2*+1/p-2/b7-5+,8-6+,23-9+;;. The second-order valence-electron chi connectivity index (χ2n) is 8.99. The maximum absolute atomic E-state index is 13.2. The summed E-state index contributed by atoms with van der Waals surface area (Å²) in [6.45, 7) is 3.23. The predicted molar refractivity (Wildman–Crippen MR) is 161 cm³/mol. The number of hydrazone groups is 1. The quantitative estimate of drug-likeness (QED) is 0.0260. The summed E-state index contributed by atoms with van der Waals surface area (Å²) in [5.41, 5.74) is -0.185. The second kappa shape index (κ2) is 20.3. The van der Waals surface area contributed by atoms with Crippen LogP contribution in [0, 0.1) is 0 Å². The minimum Gasteiger partial charge on any atom is -0.744 e. The first-order valence-corrected chi connectivity index (χ1v) is 15.6. The third kappa shape index (κ3) is 11.1. The number of carbonyl (C=O) groups excluding carboxylic acids is 3. The topological polar surface area (TPSA) is 222 Å². The molecule has 0 unspecified atom stereocenters. The minimum atomic E-state index is -4.72. The van der Waals surface area contributed by atoms with Gasteiger partial charge in [0.25, 0.3) is 5.91 Å². The molecule has 0 saturated carbocycles. The first-order chi connectivity index (χ1) is 22.5. The third-order valence-corrected chi connectivity index (χ3v) is 7.51. The fraction of sp³-hybridized carbons (Fsp3) is 0.138. The van der Waals surface area contributed by atoms with E-state index < -0.39 is 38.7 Å². The number of hydrogen-bond acceptors (Lipinski definition) is 15. The molecule has 49 heavy (non-hydrogen) atoms. The van der Waals surface area contributed by atoms with Crippen molar-refractivity contribution in [3.63, 3.8) is 0 Å². The smallest absolute Gasteiger partial charge is 0.744 e. The van der Waals surface area contributed by atoms with E-state index in [4.69, 9.17) is 9.47 Å². The molecule has 0 atom stereocenters. The van der Waals surface area contributed by atoms with Crippen LogP contribution in [0.3, 0.4) is 0 Å². The number of nitrogens with zero attached hydrogens (tertiary/aromatic N) is 4. The number of benzene rings is 2. The van der Waals surface area contributed by atoms with Gasteiger partial charge < -0.3 is 24.4 Å². The van der Waals surface area contributed by atoms with Crippen LogP contribution in [-0.4, -0.2) is 64.6 Å². The molecule has 1 aliphatic rings. The van der Waals surface area contributed by atoms with Crippen molar-refractivity contribution < 1.29 is 159 Å². The van der Waals surface area contributed by atoms with Crippen molar-refractivity contribution in [1.82, 2.24) is 9.78 Å². The van der Waals surface area contributed by atoms with Crippen LogP contribution in [0.2, 0.25) is 0 Å². The van der Waals surface area contributed by atoms with Crippen molar-refractivity contribution >= 4 is 57.5 Å². The normalized spacial score (nSPS) is 13.8. The van der Waals surface area contributed by atoms with E-state index in [0.717, 1.165) is 21.8 Å². The monoisotopic (exact) mass is 762 g/mol. The molecular formula is C29H24K2N4O12S2. The fourth-order valence-electron chi connectivity index (χ4n) is 4.01. The Labute approximate surface area is 369 Å². The Kier molecular flexibility index (Phi) is 17.9. The van der Waals surface area contributed by atoms with Crippen molar-refractivity contribution in [1.29, 1.82) is 0 Å². The molecule has 1 N–H and O–H groups in total. The van der Waals surface area contributed by atoms with E-state index in [1.54, 1.807) is 38.1 Å². The summed E-state index contributed by atoms with van der Waals surface area (Å²) in [5.74, 6) is -2.82. The van der Waals surface area contributed by atoms with Crippen LogP contribution in [-0.2, 0) is 38.6 Å². The van der Waals surface area contributed by atoms with E-state index >= 15 is 0 Å². The van der Waals surface area contributed by atoms with Crippen LogP contribution in [0.5, 0.6) is 5.88 Å².